The highest BCUT2D eigenvalue weighted by Gasteiger charge is 2.09. The summed E-state index contributed by atoms with van der Waals surface area (Å²) in [5, 5.41) is 3.41. The number of aryl methyl sites for hydroxylation is 2. The zero-order chi connectivity index (χ0) is 15.1. The van der Waals surface area contributed by atoms with Gasteiger partial charge in [-0.2, -0.15) is 0 Å². The molecule has 0 bridgehead atoms. The van der Waals surface area contributed by atoms with Crippen LogP contribution in [-0.4, -0.2) is 44.2 Å². The Kier molecular flexibility index (Phi) is 6.52. The molecule has 1 aromatic rings. The highest BCUT2D eigenvalue weighted by molar-refractivity contribution is 5.41. The molecule has 0 aromatic heterocycles. The van der Waals surface area contributed by atoms with Gasteiger partial charge in [0.2, 0.25) is 0 Å². The number of hydrogen-bond donors (Lipinski definition) is 1. The molecule has 21 heavy (non-hydrogen) atoms. The van der Waals surface area contributed by atoms with Gasteiger partial charge in [0.05, 0.1) is 6.61 Å². The fourth-order valence-electron chi connectivity index (χ4n) is 3.17. The van der Waals surface area contributed by atoms with Crippen molar-refractivity contribution in [2.75, 3.05) is 39.3 Å². The van der Waals surface area contributed by atoms with Crippen LogP contribution < -0.4 is 10.1 Å². The topological polar surface area (TPSA) is 24.5 Å². The average molecular weight is 290 g/mol. The molecule has 3 nitrogen and oxygen atoms in total. The Labute approximate surface area is 129 Å². The largest absolute Gasteiger partial charge is 0.494 e. The number of hydrogen-bond acceptors (Lipinski definition) is 3. The molecule has 0 amide bonds. The van der Waals surface area contributed by atoms with E-state index < -0.39 is 0 Å². The van der Waals surface area contributed by atoms with Crippen molar-refractivity contribution >= 4 is 0 Å². The first-order chi connectivity index (χ1) is 10.2. The van der Waals surface area contributed by atoms with Crippen molar-refractivity contribution in [2.45, 2.75) is 40.0 Å². The van der Waals surface area contributed by atoms with Gasteiger partial charge in [-0.15, -0.1) is 0 Å². The van der Waals surface area contributed by atoms with Crippen LogP contribution >= 0.6 is 0 Å². The van der Waals surface area contributed by atoms with Crippen LogP contribution in [0.3, 0.4) is 0 Å². The molecule has 1 N–H and O–H groups in total. The monoisotopic (exact) mass is 290 g/mol. The Bertz CT molecular complexity index is 416. The lowest BCUT2D eigenvalue weighted by atomic mass is 9.97. The third-order valence-corrected chi connectivity index (χ3v) is 4.34. The third-order valence-electron chi connectivity index (χ3n) is 4.34. The molecule has 0 aliphatic carbocycles. The Balaban J connectivity index is 1.79. The first-order valence-corrected chi connectivity index (χ1v) is 8.36. The van der Waals surface area contributed by atoms with Gasteiger partial charge in [0.25, 0.3) is 0 Å². The van der Waals surface area contributed by atoms with E-state index in [1.165, 1.54) is 55.6 Å². The van der Waals surface area contributed by atoms with Gasteiger partial charge in [0.15, 0.2) is 0 Å². The Morgan fingerprint density at radius 2 is 1.76 bits per heavy atom. The second kappa shape index (κ2) is 8.40. The van der Waals surface area contributed by atoms with E-state index in [9.17, 15) is 0 Å². The van der Waals surface area contributed by atoms with Gasteiger partial charge < -0.3 is 15.0 Å². The van der Waals surface area contributed by atoms with E-state index in [2.05, 4.69) is 36.2 Å². The van der Waals surface area contributed by atoms with Crippen LogP contribution in [0, 0.1) is 13.8 Å². The van der Waals surface area contributed by atoms with Crippen LogP contribution in [0.1, 0.15) is 36.5 Å². The van der Waals surface area contributed by atoms with Crippen LogP contribution in [0.25, 0.3) is 0 Å². The van der Waals surface area contributed by atoms with E-state index in [-0.39, 0.29) is 0 Å². The van der Waals surface area contributed by atoms with E-state index in [4.69, 9.17) is 4.74 Å². The lowest BCUT2D eigenvalue weighted by Gasteiger charge is -2.27. The van der Waals surface area contributed by atoms with E-state index in [0.29, 0.717) is 0 Å². The second-order valence-electron chi connectivity index (χ2n) is 6.02. The summed E-state index contributed by atoms with van der Waals surface area (Å²) >= 11 is 0. The molecule has 1 heterocycles. The lowest BCUT2D eigenvalue weighted by Crippen LogP contribution is -2.43. The molecule has 0 radical (unpaired) electrons. The number of piperazine rings is 1. The lowest BCUT2D eigenvalue weighted by molar-refractivity contribution is 0.237. The molecule has 118 valence electrons. The van der Waals surface area contributed by atoms with Crippen molar-refractivity contribution in [2.24, 2.45) is 0 Å². The maximum Gasteiger partial charge on any atom is 0.119 e. The molecular formula is C18H30N2O. The van der Waals surface area contributed by atoms with Crippen LogP contribution in [0.5, 0.6) is 5.75 Å². The van der Waals surface area contributed by atoms with Gasteiger partial charge in [-0.3, -0.25) is 0 Å². The van der Waals surface area contributed by atoms with Crippen molar-refractivity contribution in [3.63, 3.8) is 0 Å². The third kappa shape index (κ3) is 5.01. The van der Waals surface area contributed by atoms with Crippen LogP contribution in [0.4, 0.5) is 0 Å². The fraction of sp³-hybridized carbons (Fsp3) is 0.667. The number of ether oxygens (including phenoxy) is 1. The maximum absolute atomic E-state index is 5.61. The summed E-state index contributed by atoms with van der Waals surface area (Å²) < 4.78 is 5.61. The molecular weight excluding hydrogens is 260 g/mol. The molecule has 0 atom stereocenters. The highest BCUT2D eigenvalue weighted by Crippen LogP contribution is 2.23. The summed E-state index contributed by atoms with van der Waals surface area (Å²) in [4.78, 5) is 2.58. The number of nitrogens with one attached hydrogen (secondary N) is 1. The van der Waals surface area contributed by atoms with E-state index >= 15 is 0 Å². The molecule has 2 rings (SSSR count). The molecule has 1 fully saturated rings. The highest BCUT2D eigenvalue weighted by atomic mass is 16.5. The number of nitrogens with zero attached hydrogens (tertiary/aromatic N) is 1. The Hall–Kier alpha value is -1.06. The van der Waals surface area contributed by atoms with Crippen molar-refractivity contribution < 1.29 is 4.74 Å². The van der Waals surface area contributed by atoms with Crippen LogP contribution in [0.15, 0.2) is 12.1 Å². The van der Waals surface area contributed by atoms with Crippen molar-refractivity contribution in [1.82, 2.24) is 10.2 Å². The van der Waals surface area contributed by atoms with Gasteiger partial charge in [-0.05, 0) is 75.4 Å². The van der Waals surface area contributed by atoms with Crippen molar-refractivity contribution in [3.05, 3.63) is 28.8 Å². The minimum atomic E-state index is 0.739. The number of rotatable bonds is 7. The number of benzene rings is 1. The SMILES string of the molecule is CCOc1cc(C)c(CCCCN2CCNCC2)c(C)c1. The van der Waals surface area contributed by atoms with E-state index in [0.717, 1.165) is 25.4 Å². The van der Waals surface area contributed by atoms with Gasteiger partial charge >= 0.3 is 0 Å². The van der Waals surface area contributed by atoms with Gasteiger partial charge in [0, 0.05) is 26.2 Å². The summed E-state index contributed by atoms with van der Waals surface area (Å²) in [7, 11) is 0. The van der Waals surface area contributed by atoms with Crippen molar-refractivity contribution in [1.29, 1.82) is 0 Å². The van der Waals surface area contributed by atoms with Gasteiger partial charge in [-0.1, -0.05) is 0 Å². The van der Waals surface area contributed by atoms with Crippen molar-refractivity contribution in [3.8, 4) is 5.75 Å². The predicted molar refractivity (Wildman–Crippen MR) is 89.3 cm³/mol. The van der Waals surface area contributed by atoms with Gasteiger partial charge in [-0.25, -0.2) is 0 Å². The molecule has 1 saturated heterocycles. The molecule has 1 aromatic carbocycles. The zero-order valence-electron chi connectivity index (χ0n) is 13.9. The predicted octanol–water partition coefficient (Wildman–Crippen LogP) is 2.93. The molecule has 0 unspecified atom stereocenters. The number of unbranched alkanes of at least 4 members (excludes halogenated alkanes) is 1. The van der Waals surface area contributed by atoms with Crippen LogP contribution in [0.2, 0.25) is 0 Å². The molecule has 3 heteroatoms. The fourth-order valence-corrected chi connectivity index (χ4v) is 3.17. The standard InChI is InChI=1S/C18H30N2O/c1-4-21-17-13-15(2)18(16(3)14-17)7-5-6-10-20-11-8-19-9-12-20/h13-14,19H,4-12H2,1-3H3. The summed E-state index contributed by atoms with van der Waals surface area (Å²) in [6.45, 7) is 13.2. The molecule has 0 saturated carbocycles. The Morgan fingerprint density at radius 1 is 1.10 bits per heavy atom. The summed E-state index contributed by atoms with van der Waals surface area (Å²) in [5.74, 6) is 1.01. The zero-order valence-corrected chi connectivity index (χ0v) is 13.9. The minimum Gasteiger partial charge on any atom is -0.494 e. The van der Waals surface area contributed by atoms with E-state index in [1.807, 2.05) is 6.92 Å². The quantitative estimate of drug-likeness (QED) is 0.782. The molecule has 0 spiro atoms. The smallest absolute Gasteiger partial charge is 0.119 e. The summed E-state index contributed by atoms with van der Waals surface area (Å²) in [5.41, 5.74) is 4.26. The Morgan fingerprint density at radius 3 is 2.38 bits per heavy atom. The molecule has 1 aliphatic rings. The van der Waals surface area contributed by atoms with Crippen LogP contribution in [-0.2, 0) is 6.42 Å². The summed E-state index contributed by atoms with van der Waals surface area (Å²) in [6.07, 6.45) is 3.77. The van der Waals surface area contributed by atoms with Gasteiger partial charge in [0.1, 0.15) is 5.75 Å². The maximum atomic E-state index is 5.61. The second-order valence-corrected chi connectivity index (χ2v) is 6.02. The molecule has 1 aliphatic heterocycles. The average Bonchev–Trinajstić information content (AvgIpc) is 2.47. The first kappa shape index (κ1) is 16.3. The normalized spacial score (nSPS) is 16.1. The first-order valence-electron chi connectivity index (χ1n) is 8.36. The summed E-state index contributed by atoms with van der Waals surface area (Å²) in [6, 6.07) is 4.37. The minimum absolute atomic E-state index is 0.739. The van der Waals surface area contributed by atoms with E-state index in [1.54, 1.807) is 0 Å².